The molecule has 3 heterocycles. The second kappa shape index (κ2) is 12.2. The van der Waals surface area contributed by atoms with E-state index in [0.29, 0.717) is 35.5 Å². The van der Waals surface area contributed by atoms with Gasteiger partial charge >= 0.3 is 0 Å². The molecule has 2 fully saturated rings. The van der Waals surface area contributed by atoms with Crippen LogP contribution in [0.15, 0.2) is 53.9 Å². The zero-order valence-corrected chi connectivity index (χ0v) is 24.2. The number of rotatable bonds is 8. The van der Waals surface area contributed by atoms with Crippen molar-refractivity contribution < 1.29 is 28.2 Å². The van der Waals surface area contributed by atoms with E-state index in [1.807, 2.05) is 6.92 Å². The molecule has 5 rings (SSSR count). The number of benzene rings is 2. The van der Waals surface area contributed by atoms with E-state index in [-0.39, 0.29) is 42.3 Å². The Bertz CT molecular complexity index is 1520. The highest BCUT2D eigenvalue weighted by molar-refractivity contribution is 7.10. The van der Waals surface area contributed by atoms with Gasteiger partial charge in [-0.3, -0.25) is 19.8 Å². The Morgan fingerprint density at radius 1 is 1.17 bits per heavy atom. The molecule has 0 radical (unpaired) electrons. The van der Waals surface area contributed by atoms with E-state index in [9.17, 15) is 18.8 Å². The number of nitrogens with two attached hydrogens (primary N) is 1. The number of likely N-dealkylation sites (tertiary alicyclic amines) is 1. The number of hydrogen-bond acceptors (Lipinski definition) is 7. The summed E-state index contributed by atoms with van der Waals surface area (Å²) in [7, 11) is 0. The maximum Gasteiger partial charge on any atom is 0.251 e. The fraction of sp³-hybridized carbons (Fsp3) is 0.310. The summed E-state index contributed by atoms with van der Waals surface area (Å²) in [5, 5.41) is 15.1. The number of ether oxygens (including phenoxy) is 2. The van der Waals surface area contributed by atoms with Crippen molar-refractivity contribution >= 4 is 46.5 Å². The van der Waals surface area contributed by atoms with Crippen molar-refractivity contribution in [2.24, 2.45) is 5.73 Å². The van der Waals surface area contributed by atoms with Crippen LogP contribution in [-0.2, 0) is 19.1 Å². The predicted molar refractivity (Wildman–Crippen MR) is 156 cm³/mol. The van der Waals surface area contributed by atoms with Crippen LogP contribution in [0, 0.1) is 11.2 Å². The van der Waals surface area contributed by atoms with Crippen LogP contribution in [0.1, 0.15) is 40.2 Å². The smallest absolute Gasteiger partial charge is 0.251 e. The molecule has 2 aliphatic heterocycles. The van der Waals surface area contributed by atoms with Crippen molar-refractivity contribution in [3.8, 4) is 11.1 Å². The molecule has 2 atom stereocenters. The molecule has 0 bridgehead atoms. The minimum atomic E-state index is -1.08. The highest BCUT2D eigenvalue weighted by atomic mass is 35.5. The van der Waals surface area contributed by atoms with Crippen molar-refractivity contribution in [3.63, 3.8) is 0 Å². The highest BCUT2D eigenvalue weighted by Crippen LogP contribution is 2.35. The van der Waals surface area contributed by atoms with Gasteiger partial charge in [0.05, 0.1) is 37.4 Å². The van der Waals surface area contributed by atoms with E-state index in [1.54, 1.807) is 41.8 Å². The number of carbonyl (C=O) groups excluding carboxylic acids is 3. The number of halogens is 2. The zero-order chi connectivity index (χ0) is 30.0. The van der Waals surface area contributed by atoms with Crippen molar-refractivity contribution in [2.75, 3.05) is 26.3 Å². The Kier molecular flexibility index (Phi) is 8.60. The summed E-state index contributed by atoms with van der Waals surface area (Å²) < 4.78 is 25.0. The summed E-state index contributed by atoms with van der Waals surface area (Å²) in [6.45, 7) is 2.22. The monoisotopic (exact) mass is 613 g/mol. The van der Waals surface area contributed by atoms with Crippen LogP contribution in [-0.4, -0.2) is 66.6 Å². The molecule has 13 heteroatoms. The Morgan fingerprint density at radius 2 is 1.88 bits per heavy atom. The van der Waals surface area contributed by atoms with E-state index in [1.165, 1.54) is 28.4 Å². The quantitative estimate of drug-likeness (QED) is 0.226. The topological polar surface area (TPSA) is 147 Å². The second-order valence-corrected chi connectivity index (χ2v) is 11.5. The van der Waals surface area contributed by atoms with E-state index < -0.39 is 29.5 Å². The van der Waals surface area contributed by atoms with Gasteiger partial charge in [-0.05, 0) is 48.9 Å². The number of nitrogens with one attached hydrogen (secondary N) is 3. The molecule has 42 heavy (non-hydrogen) atoms. The summed E-state index contributed by atoms with van der Waals surface area (Å²) in [5.41, 5.74) is 7.77. The number of nitrogen functional groups attached to an aromatic ring is 1. The number of hydrogen-bond donors (Lipinski definition) is 4. The molecule has 3 amide bonds. The van der Waals surface area contributed by atoms with Crippen molar-refractivity contribution in [1.82, 2.24) is 15.5 Å². The minimum Gasteiger partial charge on any atom is -0.384 e. The van der Waals surface area contributed by atoms with Crippen LogP contribution < -0.4 is 16.4 Å². The summed E-state index contributed by atoms with van der Waals surface area (Å²) >= 11 is 7.52. The summed E-state index contributed by atoms with van der Waals surface area (Å²) in [6, 6.07) is 11.1. The molecule has 1 aromatic heterocycles. The largest absolute Gasteiger partial charge is 0.384 e. The van der Waals surface area contributed by atoms with Gasteiger partial charge < -0.3 is 30.7 Å². The van der Waals surface area contributed by atoms with E-state index in [2.05, 4.69) is 10.6 Å². The van der Waals surface area contributed by atoms with Gasteiger partial charge in [0.1, 0.15) is 17.7 Å². The molecular weight excluding hydrogens is 585 g/mol. The first-order chi connectivity index (χ1) is 20.0. The number of thiophene rings is 1. The fourth-order valence-electron chi connectivity index (χ4n) is 5.03. The highest BCUT2D eigenvalue weighted by Gasteiger charge is 2.52. The average molecular weight is 614 g/mol. The van der Waals surface area contributed by atoms with Crippen molar-refractivity contribution in [2.45, 2.75) is 31.2 Å². The number of amides is 3. The van der Waals surface area contributed by atoms with Gasteiger partial charge in [-0.2, -0.15) is 0 Å². The third-order valence-corrected chi connectivity index (χ3v) is 8.66. The molecule has 5 N–H and O–H groups in total. The molecule has 2 aromatic carbocycles. The molecule has 220 valence electrons. The molecular formula is C29H29ClFN5O5S. The van der Waals surface area contributed by atoms with Gasteiger partial charge in [-0.1, -0.05) is 23.7 Å². The molecule has 3 aromatic rings. The van der Waals surface area contributed by atoms with Crippen LogP contribution in [0.4, 0.5) is 4.39 Å². The number of amidine groups is 1. The van der Waals surface area contributed by atoms with Gasteiger partial charge in [0.2, 0.25) is 11.8 Å². The Hall–Kier alpha value is -3.84. The lowest BCUT2D eigenvalue weighted by molar-refractivity contribution is -0.152. The normalized spacial score (nSPS) is 18.2. The standard InChI is InChI=1S/C29H29ClFN5O5S/c1-16(24-10-19(14-42-24)26(32)33)35-28(39)23-12-29(40-8-9-41-29)15-36(23)25(37)13-34-27(38)18-4-2-17(3-5-18)21-7-6-20(31)11-22(21)30/h2-7,10-11,14,16,23H,8-9,12-13,15H2,1H3,(H3,32,33)(H,34,38)(H,35,39)/t16-,23+/m1/s1. The molecule has 1 spiro atoms. The molecule has 2 aliphatic rings. The van der Waals surface area contributed by atoms with Crippen molar-refractivity contribution in [1.29, 1.82) is 5.41 Å². The summed E-state index contributed by atoms with van der Waals surface area (Å²) in [6.07, 6.45) is 0.155. The second-order valence-electron chi connectivity index (χ2n) is 10.1. The number of carbonyl (C=O) groups is 3. The Labute approximate surface area is 250 Å². The molecule has 0 aliphatic carbocycles. The van der Waals surface area contributed by atoms with E-state index in [4.69, 9.17) is 32.2 Å². The van der Waals surface area contributed by atoms with E-state index >= 15 is 0 Å². The third-order valence-electron chi connectivity index (χ3n) is 7.23. The maximum atomic E-state index is 13.4. The fourth-order valence-corrected chi connectivity index (χ4v) is 6.22. The molecule has 0 unspecified atom stereocenters. The van der Waals surface area contributed by atoms with Crippen LogP contribution in [0.25, 0.3) is 11.1 Å². The van der Waals surface area contributed by atoms with Crippen molar-refractivity contribution in [3.05, 3.63) is 80.8 Å². The minimum absolute atomic E-state index is 0.0504. The summed E-state index contributed by atoms with van der Waals surface area (Å²) in [4.78, 5) is 41.7. The van der Waals surface area contributed by atoms with Crippen LogP contribution in [0.3, 0.4) is 0 Å². The average Bonchev–Trinajstić information content (AvgIpc) is 3.72. The lowest BCUT2D eigenvalue weighted by Crippen LogP contribution is -2.49. The Morgan fingerprint density at radius 3 is 2.52 bits per heavy atom. The first kappa shape index (κ1) is 29.6. The molecule has 2 saturated heterocycles. The maximum absolute atomic E-state index is 13.4. The van der Waals surface area contributed by atoms with Gasteiger partial charge in [0.25, 0.3) is 5.91 Å². The molecule has 0 saturated carbocycles. The van der Waals surface area contributed by atoms with Crippen LogP contribution in [0.5, 0.6) is 0 Å². The number of nitrogens with zero attached hydrogens (tertiary/aromatic N) is 1. The summed E-state index contributed by atoms with van der Waals surface area (Å²) in [5.74, 6) is -2.90. The SMILES string of the molecule is C[C@@H](NC(=O)[C@@H]1CC2(CN1C(=O)CNC(=O)c1ccc(-c3ccc(F)cc3Cl)cc1)OCCO2)c1cc(C(=N)N)cs1. The van der Waals surface area contributed by atoms with Crippen LogP contribution >= 0.6 is 22.9 Å². The lowest BCUT2D eigenvalue weighted by Gasteiger charge is -2.25. The third kappa shape index (κ3) is 6.31. The predicted octanol–water partition coefficient (Wildman–Crippen LogP) is 3.44. The van der Waals surface area contributed by atoms with Gasteiger partial charge in [0.15, 0.2) is 5.79 Å². The molecule has 10 nitrogen and oxygen atoms in total. The first-order valence-electron chi connectivity index (χ1n) is 13.2. The Balaban J connectivity index is 1.23. The lowest BCUT2D eigenvalue weighted by atomic mass is 10.0. The van der Waals surface area contributed by atoms with Crippen LogP contribution in [0.2, 0.25) is 5.02 Å². The van der Waals surface area contributed by atoms with Gasteiger partial charge in [0, 0.05) is 33.4 Å². The van der Waals surface area contributed by atoms with E-state index in [0.717, 1.165) is 4.88 Å². The van der Waals surface area contributed by atoms with Gasteiger partial charge in [-0.15, -0.1) is 11.3 Å². The van der Waals surface area contributed by atoms with Gasteiger partial charge in [-0.25, -0.2) is 4.39 Å². The zero-order valence-electron chi connectivity index (χ0n) is 22.6. The first-order valence-corrected chi connectivity index (χ1v) is 14.5.